The van der Waals surface area contributed by atoms with Crippen LogP contribution in [0.4, 0.5) is 0 Å². The first-order chi connectivity index (χ1) is 6.99. The normalized spacial score (nSPS) is 22.0. The van der Waals surface area contributed by atoms with Crippen LogP contribution in [0.1, 0.15) is 0 Å². The summed E-state index contributed by atoms with van der Waals surface area (Å²) in [5, 5.41) is 35.7. The summed E-state index contributed by atoms with van der Waals surface area (Å²) in [6.07, 6.45) is 0. The molecule has 18 heavy (non-hydrogen) atoms. The molecule has 2 aliphatic rings. The van der Waals surface area contributed by atoms with Crippen LogP contribution in [0, 0.1) is 0 Å². The maximum absolute atomic E-state index is 8.94. The Bertz CT molecular complexity index is 191. The van der Waals surface area contributed by atoms with E-state index < -0.39 is 36.2 Å². The molecule has 0 amide bonds. The fourth-order valence-corrected chi connectivity index (χ4v) is 1.09. The molecule has 2 heterocycles. The van der Waals surface area contributed by atoms with Gasteiger partial charge in [-0.15, -0.1) is 0 Å². The van der Waals surface area contributed by atoms with Crippen molar-refractivity contribution in [3.63, 3.8) is 0 Å². The molecule has 0 saturated carbocycles. The summed E-state index contributed by atoms with van der Waals surface area (Å²) in [6.45, 7) is -3.21. The van der Waals surface area contributed by atoms with Crippen LogP contribution in [-0.4, -0.2) is 67.3 Å². The van der Waals surface area contributed by atoms with Crippen LogP contribution in [0.2, 0.25) is 0 Å². The zero-order valence-electron chi connectivity index (χ0n) is 9.13. The molecule has 2 rings (SSSR count). The summed E-state index contributed by atoms with van der Waals surface area (Å²) >= 11 is 0. The third-order valence-electron chi connectivity index (χ3n) is 1.60. The average molecular weight is 340 g/mol. The molecule has 18 heteroatoms. The number of rotatable bonds is 0. The van der Waals surface area contributed by atoms with Gasteiger partial charge in [-0.05, 0) is 0 Å². The van der Waals surface area contributed by atoms with Gasteiger partial charge in [0.25, 0.3) is 0 Å². The second kappa shape index (κ2) is 8.83. The summed E-state index contributed by atoms with van der Waals surface area (Å²) in [4.78, 5) is 0. The molecule has 0 aromatic carbocycles. The molecule has 8 N–H and O–H groups in total. The van der Waals surface area contributed by atoms with E-state index in [0.717, 1.165) is 0 Å². The van der Waals surface area contributed by atoms with Gasteiger partial charge in [0.05, 0.1) is 0 Å². The van der Waals surface area contributed by atoms with Crippen LogP contribution in [0.15, 0.2) is 0 Å². The van der Waals surface area contributed by atoms with E-state index >= 15 is 0 Å². The van der Waals surface area contributed by atoms with E-state index in [0.29, 0.717) is 0 Å². The molecule has 0 atom stereocenters. The molecule has 96 valence electrons. The summed E-state index contributed by atoms with van der Waals surface area (Å²) in [7, 11) is -7.59. The molecule has 2 saturated heterocycles. The first-order valence-electron chi connectivity index (χ1n) is 3.86. The monoisotopic (exact) mass is 340 g/mol. The minimum absolute atomic E-state index is 0. The molecular formula is H8B5O12Rb. The van der Waals surface area contributed by atoms with E-state index in [9.17, 15) is 0 Å². The van der Waals surface area contributed by atoms with Crippen LogP contribution < -0.4 is 58.2 Å². The van der Waals surface area contributed by atoms with Gasteiger partial charge >= 0.3 is 94.4 Å². The zero-order chi connectivity index (χ0) is 11.1. The van der Waals surface area contributed by atoms with Gasteiger partial charge in [-0.3, -0.25) is 0 Å². The average Bonchev–Trinajstić information content (AvgIpc) is 1.96. The van der Waals surface area contributed by atoms with Crippen molar-refractivity contribution in [2.75, 3.05) is 0 Å². The maximum Gasteiger partial charge on any atom is 1.00 e. The van der Waals surface area contributed by atoms with Gasteiger partial charge in [-0.2, -0.15) is 0 Å². The minimum Gasteiger partial charge on any atom is -0.539 e. The fourth-order valence-electron chi connectivity index (χ4n) is 1.09. The molecule has 0 unspecified atom stereocenters. The van der Waals surface area contributed by atoms with Crippen LogP contribution >= 0.6 is 0 Å². The van der Waals surface area contributed by atoms with Crippen molar-refractivity contribution < 1.29 is 117 Å². The van der Waals surface area contributed by atoms with Gasteiger partial charge in [0.2, 0.25) is 0 Å². The summed E-state index contributed by atoms with van der Waals surface area (Å²) in [5.41, 5.74) is 0. The molecule has 1 spiro atoms. The van der Waals surface area contributed by atoms with Gasteiger partial charge in [-0.25, -0.2) is 0 Å². The molecule has 0 aromatic heterocycles. The van der Waals surface area contributed by atoms with Crippen molar-refractivity contribution in [1.29, 1.82) is 0 Å². The summed E-state index contributed by atoms with van der Waals surface area (Å²) < 4.78 is 26.4. The van der Waals surface area contributed by atoms with Gasteiger partial charge in [0.15, 0.2) is 0 Å². The predicted octanol–water partition coefficient (Wildman–Crippen LogP) is -9.19. The Balaban J connectivity index is 0. The van der Waals surface area contributed by atoms with Crippen LogP contribution in [0.3, 0.4) is 0 Å². The molecule has 12 nitrogen and oxygen atoms in total. The SMILES string of the molecule is O.O.OB1OB(O)O[B-]2(O1)OB(O)OB(O)O2.[Rb+]. The first-order valence-corrected chi connectivity index (χ1v) is 3.86. The third-order valence-corrected chi connectivity index (χ3v) is 1.60. The van der Waals surface area contributed by atoms with Crippen LogP contribution in [0.5, 0.6) is 0 Å². The Hall–Kier alpha value is 1.65. The van der Waals surface area contributed by atoms with Crippen molar-refractivity contribution in [3.8, 4) is 0 Å². The van der Waals surface area contributed by atoms with Gasteiger partial charge in [0, 0.05) is 0 Å². The molecule has 0 aromatic rings. The van der Waals surface area contributed by atoms with E-state index in [1.165, 1.54) is 0 Å². The Labute approximate surface area is 151 Å². The van der Waals surface area contributed by atoms with Crippen LogP contribution in [0.25, 0.3) is 0 Å². The Morgan fingerprint density at radius 2 is 0.833 bits per heavy atom. The summed E-state index contributed by atoms with van der Waals surface area (Å²) in [5.74, 6) is 0. The van der Waals surface area contributed by atoms with Crippen molar-refractivity contribution in [3.05, 3.63) is 0 Å². The third kappa shape index (κ3) is 5.57. The van der Waals surface area contributed by atoms with Gasteiger partial charge in [0.1, 0.15) is 0 Å². The smallest absolute Gasteiger partial charge is 0.539 e. The molecule has 0 aliphatic carbocycles. The van der Waals surface area contributed by atoms with Gasteiger partial charge < -0.3 is 58.5 Å². The van der Waals surface area contributed by atoms with E-state index in [2.05, 4.69) is 27.4 Å². The number of hydrogen-bond acceptors (Lipinski definition) is 10. The zero-order valence-corrected chi connectivity index (χ0v) is 14.0. The largest absolute Gasteiger partial charge is 1.00 e. The standard InChI is InChI=1S/B5H4O10.2H2O.Rb/c6-1-10-2(7)13-5(12-1)14-3(8)11-4(9)15-5;;;/h6-9H;2*1H2;/q-1;;;+1. The van der Waals surface area contributed by atoms with E-state index in [1.807, 2.05) is 0 Å². The predicted molar refractivity (Wildman–Crippen MR) is 51.4 cm³/mol. The Morgan fingerprint density at radius 3 is 1.06 bits per heavy atom. The van der Waals surface area contributed by atoms with Crippen molar-refractivity contribution in [2.24, 2.45) is 0 Å². The van der Waals surface area contributed by atoms with Crippen molar-refractivity contribution >= 4 is 36.2 Å². The summed E-state index contributed by atoms with van der Waals surface area (Å²) in [6, 6.07) is 0. The Kier molecular flexibility index (Phi) is 10.8. The van der Waals surface area contributed by atoms with Crippen molar-refractivity contribution in [2.45, 2.75) is 0 Å². The minimum atomic E-state index is -3.21. The van der Waals surface area contributed by atoms with Crippen LogP contribution in [-0.2, 0) is 27.4 Å². The fraction of sp³-hybridized carbons (Fsp3) is 0. The molecule has 0 bridgehead atoms. The molecule has 2 fully saturated rings. The molecule has 2 aliphatic heterocycles. The molecular weight excluding hydrogens is 332 g/mol. The quantitative estimate of drug-likeness (QED) is 0.307. The van der Waals surface area contributed by atoms with Crippen molar-refractivity contribution in [1.82, 2.24) is 0 Å². The molecule has 0 radical (unpaired) electrons. The first kappa shape index (κ1) is 21.9. The van der Waals surface area contributed by atoms with E-state index in [1.54, 1.807) is 0 Å². The maximum atomic E-state index is 8.94. The second-order valence-electron chi connectivity index (χ2n) is 2.62. The van der Waals surface area contributed by atoms with Gasteiger partial charge in [-0.1, -0.05) is 0 Å². The number of hydrogen-bond donors (Lipinski definition) is 4. The van der Waals surface area contributed by atoms with E-state index in [-0.39, 0.29) is 69.1 Å². The Morgan fingerprint density at radius 1 is 0.611 bits per heavy atom. The van der Waals surface area contributed by atoms with E-state index in [4.69, 9.17) is 20.1 Å². The topological polar surface area (TPSA) is 199 Å². The second-order valence-corrected chi connectivity index (χ2v) is 2.62.